The van der Waals surface area contributed by atoms with Gasteiger partial charge < -0.3 is 9.78 Å². The van der Waals surface area contributed by atoms with E-state index >= 15 is 0 Å². The molecule has 0 aliphatic heterocycles. The standard InChI is InChI=1S/C12H11O6P/c13-19(14,17-15-11-7-3-1-4-8-11)18-16-12-9-5-2-6-10-12/h1-10H,(H,13,14). The molecule has 0 spiro atoms. The molecule has 7 heteroatoms. The van der Waals surface area contributed by atoms with Crippen LogP contribution in [-0.2, 0) is 13.9 Å². The summed E-state index contributed by atoms with van der Waals surface area (Å²) in [5, 5.41) is 0. The molecule has 0 radical (unpaired) electrons. The van der Waals surface area contributed by atoms with Crippen molar-refractivity contribution in [2.45, 2.75) is 0 Å². The molecular formula is C12H11O6P. The van der Waals surface area contributed by atoms with Crippen LogP contribution in [0.25, 0.3) is 0 Å². The molecule has 0 heterocycles. The molecule has 2 aromatic rings. The zero-order chi connectivity index (χ0) is 13.6. The van der Waals surface area contributed by atoms with Gasteiger partial charge in [0.15, 0.2) is 11.5 Å². The van der Waals surface area contributed by atoms with E-state index in [9.17, 15) is 9.46 Å². The first-order chi connectivity index (χ1) is 9.16. The van der Waals surface area contributed by atoms with Gasteiger partial charge in [-0.1, -0.05) is 45.7 Å². The highest BCUT2D eigenvalue weighted by atomic mass is 31.2. The van der Waals surface area contributed by atoms with Crippen LogP contribution >= 0.6 is 7.82 Å². The van der Waals surface area contributed by atoms with Crippen molar-refractivity contribution in [2.75, 3.05) is 0 Å². The average molecular weight is 282 g/mol. The van der Waals surface area contributed by atoms with Gasteiger partial charge in [0.2, 0.25) is 0 Å². The lowest BCUT2D eigenvalue weighted by atomic mass is 10.3. The third-order valence-corrected chi connectivity index (χ3v) is 2.47. The summed E-state index contributed by atoms with van der Waals surface area (Å²) < 4.78 is 20.0. The van der Waals surface area contributed by atoms with Crippen LogP contribution < -0.4 is 9.78 Å². The van der Waals surface area contributed by atoms with E-state index in [4.69, 9.17) is 0 Å². The molecule has 2 aromatic carbocycles. The minimum atomic E-state index is -4.47. The van der Waals surface area contributed by atoms with Gasteiger partial charge in [-0.25, -0.2) is 4.57 Å². The molecule has 6 nitrogen and oxygen atoms in total. The fourth-order valence-corrected chi connectivity index (χ4v) is 1.53. The normalized spacial score (nSPS) is 11.0. The second-order valence-electron chi connectivity index (χ2n) is 3.41. The van der Waals surface area contributed by atoms with E-state index in [-0.39, 0.29) is 11.5 Å². The van der Waals surface area contributed by atoms with Crippen molar-refractivity contribution in [3.63, 3.8) is 0 Å². The Balaban J connectivity index is 1.84. The number of rotatable bonds is 6. The molecule has 0 atom stereocenters. The van der Waals surface area contributed by atoms with Crippen LogP contribution in [0, 0.1) is 0 Å². The number of para-hydroxylation sites is 2. The Bertz CT molecular complexity index is 497. The van der Waals surface area contributed by atoms with E-state index in [0.29, 0.717) is 0 Å². The first-order valence-electron chi connectivity index (χ1n) is 5.31. The lowest BCUT2D eigenvalue weighted by Crippen LogP contribution is -2.01. The van der Waals surface area contributed by atoms with Gasteiger partial charge in [-0.15, -0.1) is 0 Å². The highest BCUT2D eigenvalue weighted by Crippen LogP contribution is 2.43. The SMILES string of the molecule is O=P(O)(OOc1ccccc1)OOc1ccccc1. The molecule has 0 saturated carbocycles. The molecule has 0 saturated heterocycles. The monoisotopic (exact) mass is 282 g/mol. The van der Waals surface area contributed by atoms with E-state index in [1.165, 1.54) is 0 Å². The zero-order valence-electron chi connectivity index (χ0n) is 9.71. The summed E-state index contributed by atoms with van der Waals surface area (Å²) in [4.78, 5) is 18.6. The minimum Gasteiger partial charge on any atom is -0.327 e. The molecule has 1 N–H and O–H groups in total. The molecule has 100 valence electrons. The fourth-order valence-electron chi connectivity index (χ4n) is 1.14. The van der Waals surface area contributed by atoms with Gasteiger partial charge in [-0.3, -0.25) is 4.89 Å². The smallest absolute Gasteiger partial charge is 0.327 e. The minimum absolute atomic E-state index is 0.264. The molecule has 0 unspecified atom stereocenters. The van der Waals surface area contributed by atoms with Crippen molar-refractivity contribution in [2.24, 2.45) is 0 Å². The molecule has 0 aliphatic rings. The third kappa shape index (κ3) is 4.73. The van der Waals surface area contributed by atoms with Crippen molar-refractivity contribution >= 4 is 7.82 Å². The lowest BCUT2D eigenvalue weighted by Gasteiger charge is -2.10. The molecule has 0 aliphatic carbocycles. The van der Waals surface area contributed by atoms with Gasteiger partial charge in [-0.05, 0) is 24.3 Å². The van der Waals surface area contributed by atoms with Gasteiger partial charge in [0.05, 0.1) is 0 Å². The molecule has 0 aromatic heterocycles. The van der Waals surface area contributed by atoms with Gasteiger partial charge in [0.25, 0.3) is 0 Å². The van der Waals surface area contributed by atoms with E-state index in [0.717, 1.165) is 0 Å². The number of benzene rings is 2. The Morgan fingerprint density at radius 1 is 0.737 bits per heavy atom. The summed E-state index contributed by atoms with van der Waals surface area (Å²) in [5.41, 5.74) is 0. The van der Waals surface area contributed by atoms with Crippen LogP contribution in [0.15, 0.2) is 60.7 Å². The van der Waals surface area contributed by atoms with Crippen molar-refractivity contribution in [1.82, 2.24) is 0 Å². The Hall–Kier alpha value is -1.85. The molecule has 0 amide bonds. The molecule has 0 bridgehead atoms. The van der Waals surface area contributed by atoms with Crippen LogP contribution in [-0.4, -0.2) is 4.89 Å². The Morgan fingerprint density at radius 2 is 1.11 bits per heavy atom. The predicted molar refractivity (Wildman–Crippen MR) is 66.1 cm³/mol. The zero-order valence-corrected chi connectivity index (χ0v) is 10.6. The summed E-state index contributed by atoms with van der Waals surface area (Å²) in [5.74, 6) is 0.528. The number of phosphoric acid groups is 1. The molecule has 0 fully saturated rings. The van der Waals surface area contributed by atoms with Gasteiger partial charge in [0.1, 0.15) is 0 Å². The van der Waals surface area contributed by atoms with Crippen LogP contribution in [0.4, 0.5) is 0 Å². The Labute approximate surface area is 109 Å². The molecule has 19 heavy (non-hydrogen) atoms. The molecule has 2 rings (SSSR count). The van der Waals surface area contributed by atoms with Crippen molar-refractivity contribution in [1.29, 1.82) is 0 Å². The second-order valence-corrected chi connectivity index (χ2v) is 4.65. The van der Waals surface area contributed by atoms with Crippen molar-refractivity contribution in [3.8, 4) is 11.5 Å². The summed E-state index contributed by atoms with van der Waals surface area (Å²) in [6.07, 6.45) is 0. The lowest BCUT2D eigenvalue weighted by molar-refractivity contribution is -0.188. The first-order valence-corrected chi connectivity index (χ1v) is 6.81. The number of hydrogen-bond donors (Lipinski definition) is 1. The second kappa shape index (κ2) is 6.36. The fraction of sp³-hybridized carbons (Fsp3) is 0. The largest absolute Gasteiger partial charge is 0.544 e. The van der Waals surface area contributed by atoms with Gasteiger partial charge in [0, 0.05) is 0 Å². The van der Waals surface area contributed by atoms with Crippen LogP contribution in [0.1, 0.15) is 0 Å². The maximum Gasteiger partial charge on any atom is 0.544 e. The first kappa shape index (κ1) is 13.6. The van der Waals surface area contributed by atoms with E-state index in [1.54, 1.807) is 60.7 Å². The maximum atomic E-state index is 11.4. The molecular weight excluding hydrogens is 271 g/mol. The van der Waals surface area contributed by atoms with E-state index < -0.39 is 7.82 Å². The van der Waals surface area contributed by atoms with Crippen molar-refractivity contribution in [3.05, 3.63) is 60.7 Å². The van der Waals surface area contributed by atoms with Gasteiger partial charge in [-0.2, -0.15) is 0 Å². The summed E-state index contributed by atoms with van der Waals surface area (Å²) >= 11 is 0. The Kier molecular flexibility index (Phi) is 4.54. The third-order valence-electron chi connectivity index (χ3n) is 1.94. The van der Waals surface area contributed by atoms with E-state index in [1.807, 2.05) is 0 Å². The van der Waals surface area contributed by atoms with Crippen molar-refractivity contribution < 1.29 is 28.6 Å². The highest BCUT2D eigenvalue weighted by Gasteiger charge is 2.26. The quantitative estimate of drug-likeness (QED) is 0.498. The number of hydrogen-bond acceptors (Lipinski definition) is 5. The van der Waals surface area contributed by atoms with Crippen LogP contribution in [0.5, 0.6) is 11.5 Å². The maximum absolute atomic E-state index is 11.4. The highest BCUT2D eigenvalue weighted by molar-refractivity contribution is 7.47. The predicted octanol–water partition coefficient (Wildman–Crippen LogP) is 3.11. The topological polar surface area (TPSA) is 74.2 Å². The van der Waals surface area contributed by atoms with Gasteiger partial charge >= 0.3 is 7.82 Å². The summed E-state index contributed by atoms with van der Waals surface area (Å²) in [6.45, 7) is 0. The summed E-state index contributed by atoms with van der Waals surface area (Å²) in [7, 11) is -4.47. The van der Waals surface area contributed by atoms with Crippen LogP contribution in [0.2, 0.25) is 0 Å². The summed E-state index contributed by atoms with van der Waals surface area (Å²) in [6, 6.07) is 16.5. The average Bonchev–Trinajstić information content (AvgIpc) is 2.46. The van der Waals surface area contributed by atoms with Crippen LogP contribution in [0.3, 0.4) is 0 Å². The Morgan fingerprint density at radius 3 is 1.47 bits per heavy atom. The van der Waals surface area contributed by atoms with E-state index in [2.05, 4.69) is 19.1 Å².